The summed E-state index contributed by atoms with van der Waals surface area (Å²) in [5.74, 6) is -0.550. The Bertz CT molecular complexity index is 613. The van der Waals surface area contributed by atoms with Crippen molar-refractivity contribution in [3.05, 3.63) is 15.3 Å². The van der Waals surface area contributed by atoms with E-state index in [9.17, 15) is 14.4 Å². The van der Waals surface area contributed by atoms with E-state index in [4.69, 9.17) is 15.2 Å². The van der Waals surface area contributed by atoms with Gasteiger partial charge in [-0.15, -0.1) is 11.3 Å². The molecule has 0 unspecified atom stereocenters. The van der Waals surface area contributed by atoms with Gasteiger partial charge in [0, 0.05) is 17.0 Å². The van der Waals surface area contributed by atoms with Crippen molar-refractivity contribution in [1.82, 2.24) is 4.90 Å². The number of esters is 1. The Kier molecular flexibility index (Phi) is 4.86. The number of nitrogens with zero attached hydrogens (tertiary/aromatic N) is 1. The summed E-state index contributed by atoms with van der Waals surface area (Å²) in [5.41, 5.74) is 6.18. The zero-order valence-corrected chi connectivity index (χ0v) is 13.1. The van der Waals surface area contributed by atoms with Crippen LogP contribution in [0.5, 0.6) is 0 Å². The van der Waals surface area contributed by atoms with Gasteiger partial charge in [-0.05, 0) is 13.3 Å². The van der Waals surface area contributed by atoms with Gasteiger partial charge in [0.1, 0.15) is 4.88 Å². The molecular weight excluding hydrogens is 310 g/mol. The largest absolute Gasteiger partial charge is 0.465 e. The van der Waals surface area contributed by atoms with Crippen molar-refractivity contribution in [1.29, 1.82) is 0 Å². The van der Waals surface area contributed by atoms with Crippen LogP contribution in [-0.2, 0) is 22.4 Å². The maximum atomic E-state index is 11.8. The zero-order valence-electron chi connectivity index (χ0n) is 12.3. The van der Waals surface area contributed by atoms with Crippen LogP contribution in [0.2, 0.25) is 0 Å². The van der Waals surface area contributed by atoms with E-state index in [0.717, 1.165) is 4.88 Å². The first-order valence-corrected chi connectivity index (χ1v) is 7.50. The molecule has 1 aliphatic heterocycles. The molecule has 0 saturated carbocycles. The van der Waals surface area contributed by atoms with Gasteiger partial charge >= 0.3 is 18.1 Å². The molecule has 0 bridgehead atoms. The smallest absolute Gasteiger partial charge is 0.410 e. The Morgan fingerprint density at radius 1 is 1.41 bits per heavy atom. The number of nitrogens with two attached hydrogens (primary N) is 1. The van der Waals surface area contributed by atoms with Gasteiger partial charge in [0.15, 0.2) is 0 Å². The Hall–Kier alpha value is -2.29. The lowest BCUT2D eigenvalue weighted by Crippen LogP contribution is -2.36. The monoisotopic (exact) mass is 327 g/mol. The summed E-state index contributed by atoms with van der Waals surface area (Å²) in [4.78, 5) is 37.6. The summed E-state index contributed by atoms with van der Waals surface area (Å²) >= 11 is 1.24. The molecule has 1 aliphatic rings. The molecule has 0 aromatic carbocycles. The lowest BCUT2D eigenvalue weighted by atomic mass is 10.1. The Balaban J connectivity index is 2.36. The van der Waals surface area contributed by atoms with Crippen LogP contribution in [0.3, 0.4) is 0 Å². The number of methoxy groups -OCH3 is 1. The summed E-state index contributed by atoms with van der Waals surface area (Å²) < 4.78 is 9.70. The highest BCUT2D eigenvalue weighted by Crippen LogP contribution is 2.37. The van der Waals surface area contributed by atoms with Gasteiger partial charge in [-0.3, -0.25) is 0 Å². The fraction of sp³-hybridized carbons (Fsp3) is 0.462. The van der Waals surface area contributed by atoms with Crippen molar-refractivity contribution in [2.45, 2.75) is 19.9 Å². The SMILES string of the molecule is CCOC(=O)N1CCc2sc(C(=O)OC)c(NC(N)=O)c2C1. The average Bonchev–Trinajstić information content (AvgIpc) is 2.84. The lowest BCUT2D eigenvalue weighted by Gasteiger charge is -2.26. The highest BCUT2D eigenvalue weighted by molar-refractivity contribution is 7.14. The maximum Gasteiger partial charge on any atom is 0.410 e. The van der Waals surface area contributed by atoms with Gasteiger partial charge in [0.2, 0.25) is 0 Å². The first kappa shape index (κ1) is 16.1. The number of hydrogen-bond acceptors (Lipinski definition) is 6. The molecule has 0 saturated heterocycles. The fourth-order valence-corrected chi connectivity index (χ4v) is 3.42. The average molecular weight is 327 g/mol. The van der Waals surface area contributed by atoms with Gasteiger partial charge < -0.3 is 25.4 Å². The highest BCUT2D eigenvalue weighted by atomic mass is 32.1. The van der Waals surface area contributed by atoms with Crippen molar-refractivity contribution >= 4 is 35.1 Å². The molecule has 1 aromatic rings. The molecule has 0 spiro atoms. The van der Waals surface area contributed by atoms with E-state index in [2.05, 4.69) is 5.32 Å². The summed E-state index contributed by atoms with van der Waals surface area (Å²) in [6, 6.07) is -0.779. The van der Waals surface area contributed by atoms with Gasteiger partial charge in [0.25, 0.3) is 0 Å². The normalized spacial score (nSPS) is 13.3. The molecule has 3 N–H and O–H groups in total. The number of carbonyl (C=O) groups is 3. The summed E-state index contributed by atoms with van der Waals surface area (Å²) in [6.07, 6.45) is 0.146. The number of carbonyl (C=O) groups excluding carboxylic acids is 3. The Morgan fingerprint density at radius 3 is 2.73 bits per heavy atom. The molecule has 120 valence electrons. The van der Waals surface area contributed by atoms with Crippen molar-refractivity contribution < 1.29 is 23.9 Å². The van der Waals surface area contributed by atoms with E-state index in [1.165, 1.54) is 23.3 Å². The molecule has 2 heterocycles. The maximum absolute atomic E-state index is 11.8. The third kappa shape index (κ3) is 3.14. The summed E-state index contributed by atoms with van der Waals surface area (Å²) in [6.45, 7) is 2.75. The van der Waals surface area contributed by atoms with Crippen LogP contribution < -0.4 is 11.1 Å². The number of thiophene rings is 1. The molecule has 0 atom stereocenters. The minimum Gasteiger partial charge on any atom is -0.465 e. The van der Waals surface area contributed by atoms with Crippen LogP contribution in [0.15, 0.2) is 0 Å². The van der Waals surface area contributed by atoms with E-state index in [0.29, 0.717) is 24.2 Å². The standard InChI is InChI=1S/C13H17N3O5S/c1-3-21-13(19)16-5-4-8-7(6-16)9(15-12(14)18)10(22-8)11(17)20-2/h3-6H2,1-2H3,(H3,14,15,18). The molecule has 8 nitrogen and oxygen atoms in total. The number of rotatable bonds is 3. The first-order valence-electron chi connectivity index (χ1n) is 6.68. The molecule has 1 aromatic heterocycles. The van der Waals surface area contributed by atoms with E-state index >= 15 is 0 Å². The molecule has 3 amide bonds. The number of primary amides is 1. The zero-order chi connectivity index (χ0) is 16.3. The minimum absolute atomic E-state index is 0.247. The molecular formula is C13H17N3O5S. The van der Waals surface area contributed by atoms with Crippen LogP contribution in [0.4, 0.5) is 15.3 Å². The number of fused-ring (bicyclic) bond motifs is 1. The predicted molar refractivity (Wildman–Crippen MR) is 80.0 cm³/mol. The number of nitrogens with one attached hydrogen (secondary N) is 1. The fourth-order valence-electron chi connectivity index (χ4n) is 2.25. The van der Waals surface area contributed by atoms with Crippen molar-refractivity contribution in [3.8, 4) is 0 Å². The summed E-state index contributed by atoms with van der Waals surface area (Å²) in [5, 5.41) is 2.46. The second-order valence-corrected chi connectivity index (χ2v) is 5.66. The molecule has 0 aliphatic carbocycles. The van der Waals surface area contributed by atoms with E-state index in [1.54, 1.807) is 6.92 Å². The quantitative estimate of drug-likeness (QED) is 0.818. The topological polar surface area (TPSA) is 111 Å². The van der Waals surface area contributed by atoms with Gasteiger partial charge in [0.05, 0.1) is 25.9 Å². The van der Waals surface area contributed by atoms with Crippen LogP contribution in [0.25, 0.3) is 0 Å². The van der Waals surface area contributed by atoms with Crippen LogP contribution in [-0.4, -0.2) is 43.3 Å². The number of anilines is 1. The van der Waals surface area contributed by atoms with Crippen LogP contribution >= 0.6 is 11.3 Å². The third-order valence-corrected chi connectivity index (χ3v) is 4.47. The number of amides is 3. The molecule has 9 heteroatoms. The number of ether oxygens (including phenoxy) is 2. The molecule has 22 heavy (non-hydrogen) atoms. The van der Waals surface area contributed by atoms with Gasteiger partial charge in [-0.25, -0.2) is 14.4 Å². The van der Waals surface area contributed by atoms with Crippen molar-refractivity contribution in [2.75, 3.05) is 25.6 Å². The van der Waals surface area contributed by atoms with Crippen molar-refractivity contribution in [3.63, 3.8) is 0 Å². The Morgan fingerprint density at radius 2 is 2.14 bits per heavy atom. The molecule has 0 radical (unpaired) electrons. The van der Waals surface area contributed by atoms with Gasteiger partial charge in [-0.2, -0.15) is 0 Å². The minimum atomic E-state index is -0.779. The first-order chi connectivity index (χ1) is 10.5. The third-order valence-electron chi connectivity index (χ3n) is 3.19. The second-order valence-electron chi connectivity index (χ2n) is 4.56. The predicted octanol–water partition coefficient (Wildman–Crippen LogP) is 1.54. The molecule has 2 rings (SSSR count). The van der Waals surface area contributed by atoms with E-state index in [1.807, 2.05) is 0 Å². The van der Waals surface area contributed by atoms with Crippen LogP contribution in [0.1, 0.15) is 27.0 Å². The Labute approximate surface area is 131 Å². The van der Waals surface area contributed by atoms with Crippen LogP contribution in [0, 0.1) is 0 Å². The van der Waals surface area contributed by atoms with Gasteiger partial charge in [-0.1, -0.05) is 0 Å². The number of urea groups is 1. The van der Waals surface area contributed by atoms with Crippen molar-refractivity contribution in [2.24, 2.45) is 5.73 Å². The summed E-state index contributed by atoms with van der Waals surface area (Å²) in [7, 11) is 1.26. The lowest BCUT2D eigenvalue weighted by molar-refractivity contribution is 0.0607. The highest BCUT2D eigenvalue weighted by Gasteiger charge is 2.30. The molecule has 0 fully saturated rings. The van der Waals surface area contributed by atoms with E-state index in [-0.39, 0.29) is 18.0 Å². The second kappa shape index (κ2) is 6.65. The number of hydrogen-bond donors (Lipinski definition) is 2. The van der Waals surface area contributed by atoms with E-state index < -0.39 is 18.1 Å².